The minimum atomic E-state index is -2.87. The van der Waals surface area contributed by atoms with Crippen LogP contribution < -0.4 is 15.4 Å². The Kier molecular flexibility index (Phi) is 6.72. The Morgan fingerprint density at radius 3 is 2.50 bits per heavy atom. The second-order valence-electron chi connectivity index (χ2n) is 4.12. The maximum absolute atomic E-state index is 12.0. The minimum Gasteiger partial charge on any atom is -0.435 e. The summed E-state index contributed by atoms with van der Waals surface area (Å²) in [5.41, 5.74) is 0.461. The third-order valence-electron chi connectivity index (χ3n) is 2.64. The Morgan fingerprint density at radius 1 is 1.35 bits per heavy atom. The molecule has 1 aromatic carbocycles. The second-order valence-corrected chi connectivity index (χ2v) is 4.12. The van der Waals surface area contributed by atoms with Crippen molar-refractivity contribution in [2.24, 2.45) is 0 Å². The summed E-state index contributed by atoms with van der Waals surface area (Å²) in [5, 5.41) is 14.1. The molecule has 1 atom stereocenters. The second kappa shape index (κ2) is 8.31. The number of halogens is 2. The van der Waals surface area contributed by atoms with E-state index in [1.807, 2.05) is 6.92 Å². The first-order chi connectivity index (χ1) is 9.55. The number of benzene rings is 1. The van der Waals surface area contributed by atoms with Gasteiger partial charge in [-0.1, -0.05) is 6.92 Å². The van der Waals surface area contributed by atoms with Gasteiger partial charge in [-0.25, -0.2) is 4.79 Å². The van der Waals surface area contributed by atoms with E-state index in [0.29, 0.717) is 18.5 Å². The fourth-order valence-electron chi connectivity index (χ4n) is 1.61. The smallest absolute Gasteiger partial charge is 0.387 e. The number of urea groups is 1. The Hall–Kier alpha value is -1.89. The number of alkyl halides is 2. The SMILES string of the molecule is CCC(CCO)NC(=O)Nc1ccc(OC(F)F)cc1. The van der Waals surface area contributed by atoms with Gasteiger partial charge < -0.3 is 20.5 Å². The van der Waals surface area contributed by atoms with Gasteiger partial charge in [-0.15, -0.1) is 0 Å². The third kappa shape index (κ3) is 5.83. The van der Waals surface area contributed by atoms with Crippen molar-refractivity contribution < 1.29 is 23.4 Å². The molecular weight excluding hydrogens is 270 g/mol. The molecule has 0 aromatic heterocycles. The molecule has 0 saturated heterocycles. The number of carbonyl (C=O) groups is 1. The molecule has 112 valence electrons. The highest BCUT2D eigenvalue weighted by molar-refractivity contribution is 5.89. The van der Waals surface area contributed by atoms with E-state index in [0.717, 1.165) is 0 Å². The van der Waals surface area contributed by atoms with Gasteiger partial charge in [-0.2, -0.15) is 8.78 Å². The lowest BCUT2D eigenvalue weighted by atomic mass is 10.2. The highest BCUT2D eigenvalue weighted by Gasteiger charge is 2.10. The number of nitrogens with one attached hydrogen (secondary N) is 2. The predicted molar refractivity (Wildman–Crippen MR) is 71.0 cm³/mol. The standard InChI is InChI=1S/C13H18F2N2O3/c1-2-9(7-8-18)16-13(19)17-10-3-5-11(6-4-10)20-12(14)15/h3-6,9,12,18H,2,7-8H2,1H3,(H2,16,17,19). The predicted octanol–water partition coefficient (Wildman–Crippen LogP) is 2.57. The van der Waals surface area contributed by atoms with Crippen molar-refractivity contribution in [3.63, 3.8) is 0 Å². The van der Waals surface area contributed by atoms with E-state index >= 15 is 0 Å². The van der Waals surface area contributed by atoms with Gasteiger partial charge in [0.25, 0.3) is 0 Å². The molecule has 1 rings (SSSR count). The Bertz CT molecular complexity index is 413. The summed E-state index contributed by atoms with van der Waals surface area (Å²) in [6.45, 7) is -0.976. The average molecular weight is 288 g/mol. The van der Waals surface area contributed by atoms with E-state index in [1.54, 1.807) is 0 Å². The lowest BCUT2D eigenvalue weighted by molar-refractivity contribution is -0.0498. The van der Waals surface area contributed by atoms with Gasteiger partial charge in [-0.3, -0.25) is 0 Å². The lowest BCUT2D eigenvalue weighted by Gasteiger charge is -2.16. The van der Waals surface area contributed by atoms with Crippen molar-refractivity contribution in [1.29, 1.82) is 0 Å². The fourth-order valence-corrected chi connectivity index (χ4v) is 1.61. The zero-order chi connectivity index (χ0) is 15.0. The lowest BCUT2D eigenvalue weighted by Crippen LogP contribution is -2.38. The van der Waals surface area contributed by atoms with Crippen molar-refractivity contribution in [1.82, 2.24) is 5.32 Å². The van der Waals surface area contributed by atoms with Crippen LogP contribution in [-0.2, 0) is 0 Å². The maximum atomic E-state index is 12.0. The third-order valence-corrected chi connectivity index (χ3v) is 2.64. The molecule has 20 heavy (non-hydrogen) atoms. The van der Waals surface area contributed by atoms with Crippen LogP contribution >= 0.6 is 0 Å². The first-order valence-corrected chi connectivity index (χ1v) is 6.28. The van der Waals surface area contributed by atoms with E-state index in [9.17, 15) is 13.6 Å². The van der Waals surface area contributed by atoms with Crippen molar-refractivity contribution in [2.75, 3.05) is 11.9 Å². The van der Waals surface area contributed by atoms with Crippen molar-refractivity contribution in [2.45, 2.75) is 32.4 Å². The van der Waals surface area contributed by atoms with Gasteiger partial charge in [0.2, 0.25) is 0 Å². The molecule has 3 N–H and O–H groups in total. The van der Waals surface area contributed by atoms with E-state index < -0.39 is 12.6 Å². The number of hydrogen-bond donors (Lipinski definition) is 3. The van der Waals surface area contributed by atoms with Gasteiger partial charge >= 0.3 is 12.6 Å². The van der Waals surface area contributed by atoms with Crippen LogP contribution in [0.2, 0.25) is 0 Å². The number of anilines is 1. The molecule has 0 spiro atoms. The normalized spacial score (nSPS) is 12.1. The number of ether oxygens (including phenoxy) is 1. The van der Waals surface area contributed by atoms with Crippen LogP contribution in [0.4, 0.5) is 19.3 Å². The molecule has 5 nitrogen and oxygen atoms in total. The molecule has 0 saturated carbocycles. The molecule has 1 unspecified atom stereocenters. The monoisotopic (exact) mass is 288 g/mol. The van der Waals surface area contributed by atoms with Crippen LogP contribution in [0, 0.1) is 0 Å². The Labute approximate surface area is 115 Å². The van der Waals surface area contributed by atoms with Crippen molar-refractivity contribution >= 4 is 11.7 Å². The number of hydrogen-bond acceptors (Lipinski definition) is 3. The fraction of sp³-hybridized carbons (Fsp3) is 0.462. The van der Waals surface area contributed by atoms with Gasteiger partial charge in [0.1, 0.15) is 5.75 Å². The summed E-state index contributed by atoms with van der Waals surface area (Å²) in [7, 11) is 0. The summed E-state index contributed by atoms with van der Waals surface area (Å²) >= 11 is 0. The van der Waals surface area contributed by atoms with Crippen LogP contribution in [0.3, 0.4) is 0 Å². The largest absolute Gasteiger partial charge is 0.435 e. The highest BCUT2D eigenvalue weighted by Crippen LogP contribution is 2.17. The first-order valence-electron chi connectivity index (χ1n) is 6.28. The number of aliphatic hydroxyl groups is 1. The average Bonchev–Trinajstić information content (AvgIpc) is 2.40. The van der Waals surface area contributed by atoms with Crippen LogP contribution in [0.15, 0.2) is 24.3 Å². The maximum Gasteiger partial charge on any atom is 0.387 e. The molecule has 0 radical (unpaired) electrons. The van der Waals surface area contributed by atoms with Gasteiger partial charge in [0, 0.05) is 18.3 Å². The molecule has 0 aliphatic heterocycles. The number of carbonyl (C=O) groups excluding carboxylic acids is 1. The molecule has 0 aliphatic rings. The van der Waals surface area contributed by atoms with Crippen molar-refractivity contribution in [3.8, 4) is 5.75 Å². The number of amides is 2. The molecular formula is C13H18F2N2O3. The van der Waals surface area contributed by atoms with Crippen LogP contribution in [-0.4, -0.2) is 30.4 Å². The Balaban J connectivity index is 2.49. The summed E-state index contributed by atoms with van der Waals surface area (Å²) in [5.74, 6) is 0.0256. The quantitative estimate of drug-likeness (QED) is 0.722. The summed E-state index contributed by atoms with van der Waals surface area (Å²) in [4.78, 5) is 11.7. The molecule has 2 amide bonds. The van der Waals surface area contributed by atoms with Gasteiger partial charge in [-0.05, 0) is 37.1 Å². The topological polar surface area (TPSA) is 70.6 Å². The van der Waals surface area contributed by atoms with Crippen LogP contribution in [0.25, 0.3) is 0 Å². The molecule has 0 heterocycles. The summed E-state index contributed by atoms with van der Waals surface area (Å²) in [6.07, 6.45) is 1.18. The summed E-state index contributed by atoms with van der Waals surface area (Å²) in [6, 6.07) is 5.09. The van der Waals surface area contributed by atoms with E-state index in [2.05, 4.69) is 15.4 Å². The highest BCUT2D eigenvalue weighted by atomic mass is 19.3. The van der Waals surface area contributed by atoms with Crippen molar-refractivity contribution in [3.05, 3.63) is 24.3 Å². The molecule has 0 aliphatic carbocycles. The van der Waals surface area contributed by atoms with E-state index in [4.69, 9.17) is 5.11 Å². The molecule has 0 fully saturated rings. The van der Waals surface area contributed by atoms with Gasteiger partial charge in [0.15, 0.2) is 0 Å². The number of rotatable bonds is 7. The zero-order valence-electron chi connectivity index (χ0n) is 11.1. The number of aliphatic hydroxyl groups excluding tert-OH is 1. The Morgan fingerprint density at radius 2 is 2.00 bits per heavy atom. The van der Waals surface area contributed by atoms with E-state index in [1.165, 1.54) is 24.3 Å². The van der Waals surface area contributed by atoms with Crippen LogP contribution in [0.5, 0.6) is 5.75 Å². The van der Waals surface area contributed by atoms with E-state index in [-0.39, 0.29) is 18.4 Å². The first kappa shape index (κ1) is 16.2. The van der Waals surface area contributed by atoms with Crippen LogP contribution in [0.1, 0.15) is 19.8 Å². The zero-order valence-corrected chi connectivity index (χ0v) is 11.1. The molecule has 1 aromatic rings. The van der Waals surface area contributed by atoms with Gasteiger partial charge in [0.05, 0.1) is 0 Å². The molecule has 0 bridgehead atoms. The molecule has 7 heteroatoms. The minimum absolute atomic E-state index is 0.00154. The summed E-state index contributed by atoms with van der Waals surface area (Å²) < 4.78 is 28.1.